The van der Waals surface area contributed by atoms with Crippen LogP contribution < -0.4 is 15.6 Å². The predicted molar refractivity (Wildman–Crippen MR) is 132 cm³/mol. The molecule has 5 rings (SSSR count). The minimum absolute atomic E-state index is 0.115. The van der Waals surface area contributed by atoms with Crippen LogP contribution in [-0.2, 0) is 11.3 Å². The fourth-order valence-electron chi connectivity index (χ4n) is 4.10. The van der Waals surface area contributed by atoms with Crippen LogP contribution in [0, 0.1) is 12.8 Å². The normalized spacial score (nSPS) is 13.7. The lowest BCUT2D eigenvalue weighted by Crippen LogP contribution is -2.52. The maximum Gasteiger partial charge on any atom is 0.341 e. The number of amides is 1. The highest BCUT2D eigenvalue weighted by atomic mass is 32.1. The fourth-order valence-corrected chi connectivity index (χ4v) is 4.72. The first-order chi connectivity index (χ1) is 16.9. The number of carbonyl (C=O) groups is 2. The lowest BCUT2D eigenvalue weighted by atomic mass is 9.98. The Kier molecular flexibility index (Phi) is 5.81. The quantitative estimate of drug-likeness (QED) is 0.401. The third-order valence-electron chi connectivity index (χ3n) is 5.97. The van der Waals surface area contributed by atoms with Gasteiger partial charge in [-0.25, -0.2) is 14.8 Å². The predicted octanol–water partition coefficient (Wildman–Crippen LogP) is 2.53. The van der Waals surface area contributed by atoms with Gasteiger partial charge in [-0.3, -0.25) is 18.8 Å². The summed E-state index contributed by atoms with van der Waals surface area (Å²) in [4.78, 5) is 47.9. The highest BCUT2D eigenvalue weighted by Crippen LogP contribution is 2.28. The number of anilines is 2. The summed E-state index contributed by atoms with van der Waals surface area (Å²) in [6.07, 6.45) is 5.43. The summed E-state index contributed by atoms with van der Waals surface area (Å²) in [6, 6.07) is 3.48. The number of hydrogen-bond donors (Lipinski definition) is 2. The summed E-state index contributed by atoms with van der Waals surface area (Å²) in [5.74, 6) is -1.13. The van der Waals surface area contributed by atoms with Gasteiger partial charge in [-0.1, -0.05) is 6.92 Å². The van der Waals surface area contributed by atoms with E-state index in [0.717, 1.165) is 18.7 Å². The molecule has 1 amide bonds. The molecule has 0 unspecified atom stereocenters. The number of nitrogens with one attached hydrogen (secondary N) is 1. The SMILES string of the molecule is CCCn1nc(NC(=O)C2CN(c3cnc4c(c3)c(=O)c(C(=O)O)cn4-c3nccs3)C2)cc1C. The van der Waals surface area contributed by atoms with E-state index in [2.05, 4.69) is 27.3 Å². The molecule has 5 heterocycles. The number of fused-ring (bicyclic) bond motifs is 1. The minimum atomic E-state index is -1.31. The molecule has 0 radical (unpaired) electrons. The van der Waals surface area contributed by atoms with Crippen LogP contribution >= 0.6 is 11.3 Å². The zero-order valence-corrected chi connectivity index (χ0v) is 19.9. The Hall–Kier alpha value is -4.06. The van der Waals surface area contributed by atoms with Gasteiger partial charge in [0, 0.05) is 49.2 Å². The first-order valence-electron chi connectivity index (χ1n) is 11.1. The van der Waals surface area contributed by atoms with Crippen LogP contribution in [0.1, 0.15) is 29.4 Å². The Balaban J connectivity index is 1.36. The standard InChI is InChI=1S/C23H23N7O4S/c1-3-5-30-13(2)7-18(27-30)26-21(32)14-10-28(11-14)15-8-16-19(31)17(22(33)34)12-29(20(16)25-9-15)23-24-4-6-35-23/h4,6-9,12,14H,3,5,10-11H2,1-2H3,(H,33,34)(H,26,27,32). The van der Waals surface area contributed by atoms with E-state index >= 15 is 0 Å². The van der Waals surface area contributed by atoms with Crippen molar-refractivity contribution in [2.75, 3.05) is 23.3 Å². The van der Waals surface area contributed by atoms with Gasteiger partial charge in [0.15, 0.2) is 10.9 Å². The number of carboxylic acids is 1. The van der Waals surface area contributed by atoms with Crippen molar-refractivity contribution in [1.29, 1.82) is 0 Å². The van der Waals surface area contributed by atoms with Crippen LogP contribution in [0.4, 0.5) is 11.5 Å². The van der Waals surface area contributed by atoms with Crippen molar-refractivity contribution in [3.63, 3.8) is 0 Å². The number of aromatic nitrogens is 5. The summed E-state index contributed by atoms with van der Waals surface area (Å²) in [6.45, 7) is 5.72. The molecule has 0 saturated carbocycles. The van der Waals surface area contributed by atoms with Crippen LogP contribution in [-0.4, -0.2) is 54.4 Å². The first kappa shape index (κ1) is 22.7. The molecule has 0 spiro atoms. The third-order valence-corrected chi connectivity index (χ3v) is 6.74. The van der Waals surface area contributed by atoms with E-state index < -0.39 is 11.4 Å². The minimum Gasteiger partial charge on any atom is -0.477 e. The van der Waals surface area contributed by atoms with Gasteiger partial charge < -0.3 is 15.3 Å². The zero-order valence-electron chi connectivity index (χ0n) is 19.1. The van der Waals surface area contributed by atoms with Gasteiger partial charge in [-0.05, 0) is 19.4 Å². The van der Waals surface area contributed by atoms with E-state index in [1.165, 1.54) is 22.1 Å². The molecule has 180 valence electrons. The molecule has 12 heteroatoms. The van der Waals surface area contributed by atoms with Gasteiger partial charge in [-0.15, -0.1) is 11.3 Å². The smallest absolute Gasteiger partial charge is 0.341 e. The summed E-state index contributed by atoms with van der Waals surface area (Å²) in [5.41, 5.74) is 0.998. The average Bonchev–Trinajstić information content (AvgIpc) is 3.43. The monoisotopic (exact) mass is 493 g/mol. The number of aryl methyl sites for hydroxylation is 2. The lowest BCUT2D eigenvalue weighted by molar-refractivity contribution is -0.120. The highest BCUT2D eigenvalue weighted by Gasteiger charge is 2.34. The Bertz CT molecular complexity index is 1490. The van der Waals surface area contributed by atoms with E-state index in [-0.39, 0.29) is 22.8 Å². The molecule has 1 fully saturated rings. The Morgan fingerprint density at radius 1 is 1.26 bits per heavy atom. The number of thiazole rings is 1. The molecular formula is C23H23N7O4S. The second kappa shape index (κ2) is 8.95. The zero-order chi connectivity index (χ0) is 24.7. The van der Waals surface area contributed by atoms with Crippen LogP contribution in [0.15, 0.2) is 40.9 Å². The first-order valence-corrected chi connectivity index (χ1v) is 12.0. The summed E-state index contributed by atoms with van der Waals surface area (Å²) in [7, 11) is 0. The van der Waals surface area contributed by atoms with Crippen molar-refractivity contribution in [3.05, 3.63) is 57.6 Å². The third kappa shape index (κ3) is 4.16. The maximum atomic E-state index is 12.9. The van der Waals surface area contributed by atoms with Gasteiger partial charge in [0.2, 0.25) is 11.3 Å². The Morgan fingerprint density at radius 3 is 2.74 bits per heavy atom. The average molecular weight is 494 g/mol. The van der Waals surface area contributed by atoms with E-state index in [1.807, 2.05) is 22.6 Å². The van der Waals surface area contributed by atoms with Crippen molar-refractivity contribution in [2.24, 2.45) is 5.92 Å². The van der Waals surface area contributed by atoms with Gasteiger partial charge in [-0.2, -0.15) is 5.10 Å². The number of pyridine rings is 2. The van der Waals surface area contributed by atoms with Crippen molar-refractivity contribution >= 4 is 45.8 Å². The van der Waals surface area contributed by atoms with E-state index in [0.29, 0.717) is 35.4 Å². The molecule has 1 saturated heterocycles. The Labute approximate surface area is 203 Å². The van der Waals surface area contributed by atoms with Crippen molar-refractivity contribution in [2.45, 2.75) is 26.8 Å². The fraction of sp³-hybridized carbons (Fsp3) is 0.304. The summed E-state index contributed by atoms with van der Waals surface area (Å²) in [5, 5.41) is 19.3. The van der Waals surface area contributed by atoms with Gasteiger partial charge >= 0.3 is 5.97 Å². The summed E-state index contributed by atoms with van der Waals surface area (Å²) >= 11 is 1.31. The maximum absolute atomic E-state index is 12.9. The molecule has 1 aliphatic heterocycles. The van der Waals surface area contributed by atoms with Gasteiger partial charge in [0.25, 0.3) is 0 Å². The summed E-state index contributed by atoms with van der Waals surface area (Å²) < 4.78 is 3.38. The second-order valence-corrected chi connectivity index (χ2v) is 9.28. The molecule has 0 aliphatic carbocycles. The number of carbonyl (C=O) groups excluding carboxylic acids is 1. The molecule has 4 aromatic heterocycles. The van der Waals surface area contributed by atoms with E-state index in [4.69, 9.17) is 0 Å². The van der Waals surface area contributed by atoms with Crippen molar-refractivity contribution in [1.82, 2.24) is 24.3 Å². The van der Waals surface area contributed by atoms with Crippen LogP contribution in [0.5, 0.6) is 0 Å². The van der Waals surface area contributed by atoms with Crippen molar-refractivity contribution in [3.8, 4) is 5.13 Å². The van der Waals surface area contributed by atoms with Gasteiger partial charge in [0.1, 0.15) is 11.2 Å². The van der Waals surface area contributed by atoms with Crippen LogP contribution in [0.3, 0.4) is 0 Å². The molecule has 4 aromatic rings. The van der Waals surface area contributed by atoms with Crippen LogP contribution in [0.25, 0.3) is 16.2 Å². The molecule has 11 nitrogen and oxygen atoms in total. The lowest BCUT2D eigenvalue weighted by Gasteiger charge is -2.39. The molecule has 0 atom stereocenters. The molecule has 0 bridgehead atoms. The molecular weight excluding hydrogens is 470 g/mol. The number of carboxylic acid groups (broad SMARTS) is 1. The highest BCUT2D eigenvalue weighted by molar-refractivity contribution is 7.12. The number of rotatable bonds is 7. The number of aromatic carboxylic acids is 1. The molecule has 0 aromatic carbocycles. The molecule has 1 aliphatic rings. The van der Waals surface area contributed by atoms with Crippen LogP contribution in [0.2, 0.25) is 0 Å². The number of nitrogens with zero attached hydrogens (tertiary/aromatic N) is 6. The molecule has 35 heavy (non-hydrogen) atoms. The second-order valence-electron chi connectivity index (χ2n) is 8.41. The van der Waals surface area contributed by atoms with E-state index in [9.17, 15) is 19.5 Å². The Morgan fingerprint density at radius 2 is 2.06 bits per heavy atom. The number of hydrogen-bond acceptors (Lipinski definition) is 8. The largest absolute Gasteiger partial charge is 0.477 e. The topological polar surface area (TPSA) is 135 Å². The van der Waals surface area contributed by atoms with Gasteiger partial charge in [0.05, 0.1) is 23.2 Å². The molecule has 2 N–H and O–H groups in total. The van der Waals surface area contributed by atoms with E-state index in [1.54, 1.807) is 23.8 Å². The van der Waals surface area contributed by atoms with Crippen molar-refractivity contribution < 1.29 is 14.7 Å².